The highest BCUT2D eigenvalue weighted by atomic mass is 16.5. The number of phenols is 1. The van der Waals surface area contributed by atoms with E-state index < -0.39 is 5.41 Å². The van der Waals surface area contributed by atoms with Gasteiger partial charge in [0.1, 0.15) is 5.75 Å². The summed E-state index contributed by atoms with van der Waals surface area (Å²) in [6.45, 7) is 4.03. The second-order valence-electron chi connectivity index (χ2n) is 5.43. The van der Waals surface area contributed by atoms with Crippen LogP contribution in [0.2, 0.25) is 0 Å². The van der Waals surface area contributed by atoms with Crippen LogP contribution in [0.3, 0.4) is 0 Å². The molecule has 0 aliphatic rings. The average Bonchev–Trinajstić information content (AvgIpc) is 2.47. The Morgan fingerprint density at radius 3 is 2.14 bits per heavy atom. The summed E-state index contributed by atoms with van der Waals surface area (Å²) in [5, 5.41) is 33.2. The molecule has 0 aliphatic heterocycles. The van der Waals surface area contributed by atoms with Gasteiger partial charge in [0.2, 0.25) is 0 Å². The van der Waals surface area contributed by atoms with Crippen molar-refractivity contribution in [2.45, 2.75) is 19.3 Å². The first-order valence-corrected chi connectivity index (χ1v) is 6.63. The van der Waals surface area contributed by atoms with Gasteiger partial charge in [-0.05, 0) is 29.3 Å². The molecule has 0 heterocycles. The van der Waals surface area contributed by atoms with Crippen molar-refractivity contribution in [3.63, 3.8) is 0 Å². The molecule has 0 unspecified atom stereocenters. The van der Waals surface area contributed by atoms with E-state index in [0.717, 1.165) is 11.1 Å². The molecular formula is C16H19N2O3-. The molecule has 0 saturated heterocycles. The van der Waals surface area contributed by atoms with E-state index in [-0.39, 0.29) is 17.2 Å². The van der Waals surface area contributed by atoms with Crippen molar-refractivity contribution < 1.29 is 15.4 Å². The Kier molecular flexibility index (Phi) is 3.95. The normalized spacial score (nSPS) is 11.2. The Balaban J connectivity index is 2.50. The number of anilines is 2. The minimum Gasteiger partial charge on any atom is -0.871 e. The van der Waals surface area contributed by atoms with Crippen LogP contribution in [0.4, 0.5) is 11.4 Å². The fourth-order valence-electron chi connectivity index (χ4n) is 2.30. The van der Waals surface area contributed by atoms with E-state index >= 15 is 0 Å². The van der Waals surface area contributed by atoms with Gasteiger partial charge in [-0.25, -0.2) is 0 Å². The molecule has 4 N–H and O–H groups in total. The third kappa shape index (κ3) is 2.73. The second kappa shape index (κ2) is 5.54. The van der Waals surface area contributed by atoms with Gasteiger partial charge in [0, 0.05) is 12.5 Å². The third-order valence-corrected chi connectivity index (χ3v) is 3.81. The van der Waals surface area contributed by atoms with Crippen LogP contribution in [0.15, 0.2) is 36.4 Å². The highest BCUT2D eigenvalue weighted by Crippen LogP contribution is 2.37. The summed E-state index contributed by atoms with van der Waals surface area (Å²) in [7, 11) is 1.74. The smallest absolute Gasteiger partial charge is 0.138 e. The molecule has 0 radical (unpaired) electrons. The average molecular weight is 287 g/mol. The van der Waals surface area contributed by atoms with E-state index in [4.69, 9.17) is 5.21 Å². The zero-order valence-electron chi connectivity index (χ0n) is 12.3. The van der Waals surface area contributed by atoms with Crippen LogP contribution >= 0.6 is 0 Å². The van der Waals surface area contributed by atoms with E-state index in [1.54, 1.807) is 25.2 Å². The number of nitrogens with one attached hydrogen (secondary N) is 2. The van der Waals surface area contributed by atoms with Crippen molar-refractivity contribution in [2.75, 3.05) is 17.8 Å². The summed E-state index contributed by atoms with van der Waals surface area (Å²) in [5.74, 6) is -0.0802. The van der Waals surface area contributed by atoms with Gasteiger partial charge in [-0.2, -0.15) is 0 Å². The molecule has 0 fully saturated rings. The van der Waals surface area contributed by atoms with Crippen LogP contribution in [0.1, 0.15) is 25.0 Å². The van der Waals surface area contributed by atoms with E-state index in [9.17, 15) is 10.2 Å². The van der Waals surface area contributed by atoms with Crippen molar-refractivity contribution in [1.29, 1.82) is 0 Å². The molecule has 2 rings (SSSR count). The van der Waals surface area contributed by atoms with E-state index in [0.29, 0.717) is 5.69 Å². The topological polar surface area (TPSA) is 87.6 Å². The van der Waals surface area contributed by atoms with Gasteiger partial charge in [-0.3, -0.25) is 10.7 Å². The highest BCUT2D eigenvalue weighted by Gasteiger charge is 2.24. The Morgan fingerprint density at radius 1 is 1.00 bits per heavy atom. The lowest BCUT2D eigenvalue weighted by Crippen LogP contribution is -2.19. The first-order chi connectivity index (χ1) is 9.90. The lowest BCUT2D eigenvalue weighted by Gasteiger charge is -2.28. The summed E-state index contributed by atoms with van der Waals surface area (Å²) in [6.07, 6.45) is 0. The molecular weight excluding hydrogens is 268 g/mol. The van der Waals surface area contributed by atoms with Crippen molar-refractivity contribution in [3.8, 4) is 11.5 Å². The van der Waals surface area contributed by atoms with Crippen molar-refractivity contribution >= 4 is 11.4 Å². The maximum atomic E-state index is 11.5. The predicted octanol–water partition coefficient (Wildman–Crippen LogP) is 2.63. The zero-order chi connectivity index (χ0) is 15.6. The Morgan fingerprint density at radius 2 is 1.57 bits per heavy atom. The Bertz CT molecular complexity index is 598. The van der Waals surface area contributed by atoms with Crippen LogP contribution in [0.25, 0.3) is 0 Å². The highest BCUT2D eigenvalue weighted by molar-refractivity contribution is 5.61. The molecule has 0 atom stereocenters. The Hall–Kier alpha value is -2.40. The van der Waals surface area contributed by atoms with Crippen molar-refractivity contribution in [1.82, 2.24) is 0 Å². The van der Waals surface area contributed by atoms with Gasteiger partial charge in [-0.1, -0.05) is 37.8 Å². The quantitative estimate of drug-likeness (QED) is 0.513. The molecule has 5 nitrogen and oxygen atoms in total. The lowest BCUT2D eigenvalue weighted by atomic mass is 9.78. The summed E-state index contributed by atoms with van der Waals surface area (Å²) < 4.78 is 0. The summed E-state index contributed by atoms with van der Waals surface area (Å²) in [5.41, 5.74) is 4.18. The lowest BCUT2D eigenvalue weighted by molar-refractivity contribution is -0.267. The van der Waals surface area contributed by atoms with Gasteiger partial charge >= 0.3 is 0 Å². The SMILES string of the molecule is CNc1cc(C(C)(C)c2ccc([O-])c(NO)c2)ccc1O. The monoisotopic (exact) mass is 287 g/mol. The molecule has 0 spiro atoms. The van der Waals surface area contributed by atoms with Gasteiger partial charge in [0.05, 0.1) is 11.4 Å². The molecule has 0 bridgehead atoms. The minimum absolute atomic E-state index is 0.146. The first-order valence-electron chi connectivity index (χ1n) is 6.63. The number of aromatic hydroxyl groups is 1. The van der Waals surface area contributed by atoms with Crippen LogP contribution in [0, 0.1) is 0 Å². The van der Waals surface area contributed by atoms with Crippen molar-refractivity contribution in [2.24, 2.45) is 0 Å². The first kappa shape index (κ1) is 15.0. The largest absolute Gasteiger partial charge is 0.871 e. The van der Waals surface area contributed by atoms with Gasteiger partial charge in [0.15, 0.2) is 0 Å². The minimum atomic E-state index is -0.390. The number of rotatable bonds is 4. The van der Waals surface area contributed by atoms with Crippen LogP contribution in [-0.4, -0.2) is 17.4 Å². The fourth-order valence-corrected chi connectivity index (χ4v) is 2.30. The molecule has 112 valence electrons. The number of phenolic OH excluding ortho intramolecular Hbond substituents is 1. The maximum absolute atomic E-state index is 11.5. The third-order valence-electron chi connectivity index (χ3n) is 3.81. The van der Waals surface area contributed by atoms with E-state index in [2.05, 4.69) is 5.32 Å². The molecule has 2 aromatic carbocycles. The number of hydrogen-bond acceptors (Lipinski definition) is 5. The standard InChI is InChI=1S/C16H20N2O3/c1-16(2,10-4-6-14(19)12(8-10)17-3)11-5-7-15(20)13(9-11)18-21/h4-9,17-21H,1-3H3/p-1. The molecule has 2 aromatic rings. The Labute approximate surface area is 123 Å². The van der Waals surface area contributed by atoms with Gasteiger partial charge < -0.3 is 15.5 Å². The van der Waals surface area contributed by atoms with Crippen LogP contribution in [-0.2, 0) is 5.41 Å². The summed E-state index contributed by atoms with van der Waals surface area (Å²) >= 11 is 0. The molecule has 0 saturated carbocycles. The predicted molar refractivity (Wildman–Crippen MR) is 81.1 cm³/mol. The maximum Gasteiger partial charge on any atom is 0.138 e. The fraction of sp³-hybridized carbons (Fsp3) is 0.250. The molecule has 0 aromatic heterocycles. The zero-order valence-corrected chi connectivity index (χ0v) is 12.3. The van der Waals surface area contributed by atoms with Crippen LogP contribution in [0.5, 0.6) is 11.5 Å². The van der Waals surface area contributed by atoms with E-state index in [1.807, 2.05) is 31.5 Å². The second-order valence-corrected chi connectivity index (χ2v) is 5.43. The summed E-state index contributed by atoms with van der Waals surface area (Å²) in [4.78, 5) is 0. The number of hydrogen-bond donors (Lipinski definition) is 4. The molecule has 0 aliphatic carbocycles. The number of benzene rings is 2. The van der Waals surface area contributed by atoms with E-state index in [1.165, 1.54) is 6.07 Å². The van der Waals surface area contributed by atoms with Gasteiger partial charge in [-0.15, -0.1) is 0 Å². The summed E-state index contributed by atoms with van der Waals surface area (Å²) in [6, 6.07) is 10.1. The molecule has 5 heteroatoms. The molecule has 0 amide bonds. The van der Waals surface area contributed by atoms with Crippen molar-refractivity contribution in [3.05, 3.63) is 47.5 Å². The van der Waals surface area contributed by atoms with Gasteiger partial charge in [0.25, 0.3) is 0 Å². The molecule has 21 heavy (non-hydrogen) atoms. The van der Waals surface area contributed by atoms with Crippen LogP contribution < -0.4 is 15.9 Å².